The van der Waals surface area contributed by atoms with Crippen molar-refractivity contribution in [1.29, 1.82) is 0 Å². The van der Waals surface area contributed by atoms with Crippen LogP contribution in [0.3, 0.4) is 0 Å². The highest BCUT2D eigenvalue weighted by molar-refractivity contribution is 7.86. The lowest BCUT2D eigenvalue weighted by Gasteiger charge is -2.20. The van der Waals surface area contributed by atoms with Crippen LogP contribution in [0.2, 0.25) is 0 Å². The molecule has 0 spiro atoms. The van der Waals surface area contributed by atoms with E-state index in [2.05, 4.69) is 12.1 Å². The van der Waals surface area contributed by atoms with Crippen LogP contribution in [0, 0.1) is 26.7 Å². The maximum atomic E-state index is 12.7. The van der Waals surface area contributed by atoms with Gasteiger partial charge >= 0.3 is 10.2 Å². The lowest BCUT2D eigenvalue weighted by molar-refractivity contribution is -0.128. The number of likely N-dealkylation sites (tertiary alicyclic amines) is 1. The molecule has 21 heavy (non-hydrogen) atoms. The number of carbonyl (C=O) groups excluding carboxylic acids is 1. The highest BCUT2D eigenvalue weighted by Crippen LogP contribution is 2.25. The Kier molecular flexibility index (Phi) is 4.37. The smallest absolute Gasteiger partial charge is 0.302 e. The van der Waals surface area contributed by atoms with E-state index in [0.29, 0.717) is 13.1 Å². The summed E-state index contributed by atoms with van der Waals surface area (Å²) in [6.07, 6.45) is 0.104. The molecule has 4 nitrogen and oxygen atoms in total. The van der Waals surface area contributed by atoms with E-state index in [-0.39, 0.29) is 12.3 Å². The Bertz CT molecular complexity index is 646. The molecular weight excluding hydrogens is 293 g/mol. The molecule has 0 radical (unpaired) electrons. The molecule has 0 N–H and O–H groups in total. The van der Waals surface area contributed by atoms with Gasteiger partial charge in [0.05, 0.1) is 5.75 Å². The Morgan fingerprint density at radius 2 is 1.81 bits per heavy atom. The minimum Gasteiger partial charge on any atom is -0.338 e. The van der Waals surface area contributed by atoms with Crippen molar-refractivity contribution >= 4 is 16.1 Å². The Labute approximate surface area is 125 Å². The average molecular weight is 313 g/mol. The molecule has 0 bridgehead atoms. The van der Waals surface area contributed by atoms with E-state index in [0.717, 1.165) is 16.7 Å². The topological polar surface area (TPSA) is 54.5 Å². The van der Waals surface area contributed by atoms with Gasteiger partial charge in [0.25, 0.3) is 0 Å². The number of halogens is 1. The number of benzene rings is 1. The largest absolute Gasteiger partial charge is 0.338 e. The second-order valence-electron chi connectivity index (χ2n) is 5.93. The van der Waals surface area contributed by atoms with Gasteiger partial charge in [0, 0.05) is 25.4 Å². The Balaban J connectivity index is 2.13. The number of amides is 1. The zero-order chi connectivity index (χ0) is 15.8. The van der Waals surface area contributed by atoms with Gasteiger partial charge in [0.15, 0.2) is 0 Å². The lowest BCUT2D eigenvalue weighted by Crippen LogP contribution is -2.26. The van der Waals surface area contributed by atoms with Gasteiger partial charge in [0.1, 0.15) is 0 Å². The van der Waals surface area contributed by atoms with Gasteiger partial charge in [-0.3, -0.25) is 4.79 Å². The number of nitrogens with zero attached hydrogens (tertiary/aromatic N) is 1. The third kappa shape index (κ3) is 4.03. The van der Waals surface area contributed by atoms with Crippen LogP contribution in [-0.4, -0.2) is 31.5 Å². The van der Waals surface area contributed by atoms with Crippen LogP contribution >= 0.6 is 0 Å². The molecule has 1 atom stereocenters. The molecule has 0 saturated carbocycles. The van der Waals surface area contributed by atoms with Crippen LogP contribution in [0.25, 0.3) is 0 Å². The fourth-order valence-electron chi connectivity index (χ4n) is 3.05. The van der Waals surface area contributed by atoms with E-state index in [4.69, 9.17) is 0 Å². The molecule has 1 amide bonds. The standard InChI is InChI=1S/C15H20FNO3S/c1-10-4-11(2)14(12(3)5-10)8-17-7-13(6-15(17)18)9-21(16,19)20/h4-5,13H,6-9H2,1-3H3. The van der Waals surface area contributed by atoms with Gasteiger partial charge in [-0.15, -0.1) is 3.89 Å². The fourth-order valence-corrected chi connectivity index (χ4v) is 3.84. The van der Waals surface area contributed by atoms with Crippen molar-refractivity contribution in [2.45, 2.75) is 33.7 Å². The predicted molar refractivity (Wildman–Crippen MR) is 79.1 cm³/mol. The second kappa shape index (κ2) is 5.75. The highest BCUT2D eigenvalue weighted by atomic mass is 32.3. The van der Waals surface area contributed by atoms with E-state index in [1.54, 1.807) is 4.90 Å². The average Bonchev–Trinajstić information content (AvgIpc) is 2.61. The van der Waals surface area contributed by atoms with Crippen LogP contribution in [0.1, 0.15) is 28.7 Å². The Hall–Kier alpha value is -1.43. The van der Waals surface area contributed by atoms with Gasteiger partial charge in [-0.25, -0.2) is 0 Å². The summed E-state index contributed by atoms with van der Waals surface area (Å²) in [4.78, 5) is 13.6. The fraction of sp³-hybridized carbons (Fsp3) is 0.533. The summed E-state index contributed by atoms with van der Waals surface area (Å²) >= 11 is 0. The third-order valence-electron chi connectivity index (χ3n) is 3.92. The van der Waals surface area contributed by atoms with Crippen molar-refractivity contribution in [3.05, 3.63) is 34.4 Å². The summed E-state index contributed by atoms with van der Waals surface area (Å²) in [5.74, 6) is -1.12. The minimum atomic E-state index is -4.53. The molecular formula is C15H20FNO3S. The summed E-state index contributed by atoms with van der Waals surface area (Å²) in [5.41, 5.74) is 4.48. The van der Waals surface area contributed by atoms with E-state index < -0.39 is 21.9 Å². The molecule has 0 aliphatic carbocycles. The zero-order valence-corrected chi connectivity index (χ0v) is 13.3. The molecule has 1 aliphatic rings. The van der Waals surface area contributed by atoms with E-state index in [1.807, 2.05) is 20.8 Å². The lowest BCUT2D eigenvalue weighted by atomic mass is 9.99. The summed E-state index contributed by atoms with van der Waals surface area (Å²) in [5, 5.41) is 0. The summed E-state index contributed by atoms with van der Waals surface area (Å²) in [6, 6.07) is 4.12. The highest BCUT2D eigenvalue weighted by Gasteiger charge is 2.33. The number of hydrogen-bond acceptors (Lipinski definition) is 3. The number of hydrogen-bond donors (Lipinski definition) is 0. The van der Waals surface area contributed by atoms with Crippen molar-refractivity contribution in [3.8, 4) is 0 Å². The van der Waals surface area contributed by atoms with Gasteiger partial charge in [-0.2, -0.15) is 8.42 Å². The molecule has 1 aromatic carbocycles. The van der Waals surface area contributed by atoms with Gasteiger partial charge in [-0.05, 0) is 37.5 Å². The van der Waals surface area contributed by atoms with Crippen molar-refractivity contribution in [2.75, 3.05) is 12.3 Å². The van der Waals surface area contributed by atoms with Gasteiger partial charge in [0.2, 0.25) is 5.91 Å². The molecule has 1 unspecified atom stereocenters. The first-order chi connectivity index (χ1) is 9.65. The Morgan fingerprint density at radius 3 is 2.33 bits per heavy atom. The number of rotatable bonds is 4. The molecule has 0 aromatic heterocycles. The molecule has 1 aliphatic heterocycles. The second-order valence-corrected chi connectivity index (χ2v) is 7.34. The molecule has 1 saturated heterocycles. The van der Waals surface area contributed by atoms with Gasteiger partial charge < -0.3 is 4.90 Å². The quantitative estimate of drug-likeness (QED) is 0.801. The maximum Gasteiger partial charge on any atom is 0.302 e. The normalized spacial score (nSPS) is 19.3. The van der Waals surface area contributed by atoms with Gasteiger partial charge in [-0.1, -0.05) is 17.7 Å². The SMILES string of the molecule is Cc1cc(C)c(CN2CC(CS(=O)(=O)F)CC2=O)c(C)c1. The van der Waals surface area contributed by atoms with Crippen LogP contribution in [-0.2, 0) is 21.6 Å². The Morgan fingerprint density at radius 1 is 1.24 bits per heavy atom. The molecule has 2 rings (SSSR count). The van der Waals surface area contributed by atoms with Crippen LogP contribution in [0.4, 0.5) is 3.89 Å². The van der Waals surface area contributed by atoms with Crippen LogP contribution < -0.4 is 0 Å². The van der Waals surface area contributed by atoms with E-state index in [1.165, 1.54) is 5.56 Å². The first-order valence-electron chi connectivity index (χ1n) is 6.92. The van der Waals surface area contributed by atoms with Crippen LogP contribution in [0.5, 0.6) is 0 Å². The van der Waals surface area contributed by atoms with E-state index >= 15 is 0 Å². The van der Waals surface area contributed by atoms with Crippen molar-refractivity contribution in [1.82, 2.24) is 4.90 Å². The summed E-state index contributed by atoms with van der Waals surface area (Å²) < 4.78 is 34.2. The minimum absolute atomic E-state index is 0.104. The molecule has 1 fully saturated rings. The van der Waals surface area contributed by atoms with Crippen molar-refractivity contribution in [2.24, 2.45) is 5.92 Å². The molecule has 116 valence electrons. The van der Waals surface area contributed by atoms with Crippen LogP contribution in [0.15, 0.2) is 12.1 Å². The first-order valence-corrected chi connectivity index (χ1v) is 8.48. The predicted octanol–water partition coefficient (Wildman–Crippen LogP) is 2.26. The number of aryl methyl sites for hydroxylation is 3. The maximum absolute atomic E-state index is 12.7. The van der Waals surface area contributed by atoms with Crippen molar-refractivity contribution < 1.29 is 17.1 Å². The third-order valence-corrected chi connectivity index (χ3v) is 4.79. The zero-order valence-electron chi connectivity index (χ0n) is 12.5. The van der Waals surface area contributed by atoms with E-state index in [9.17, 15) is 17.1 Å². The van der Waals surface area contributed by atoms with Crippen molar-refractivity contribution in [3.63, 3.8) is 0 Å². The first kappa shape index (κ1) is 15.9. The number of carbonyl (C=O) groups is 1. The molecule has 6 heteroatoms. The molecule has 1 aromatic rings. The summed E-state index contributed by atoms with van der Waals surface area (Å²) in [7, 11) is -4.53. The summed E-state index contributed by atoms with van der Waals surface area (Å²) in [6.45, 7) is 6.78. The molecule has 1 heterocycles. The monoisotopic (exact) mass is 313 g/mol.